The summed E-state index contributed by atoms with van der Waals surface area (Å²) < 4.78 is 33.2. The number of H-pyrrole nitrogens is 1. The molecule has 0 atom stereocenters. The van der Waals surface area contributed by atoms with Crippen molar-refractivity contribution in [1.82, 2.24) is 15.2 Å². The first-order valence-electron chi connectivity index (χ1n) is 8.29. The van der Waals surface area contributed by atoms with Crippen LogP contribution >= 0.6 is 11.3 Å². The molecule has 0 saturated carbocycles. The second-order valence-electron chi connectivity index (χ2n) is 5.81. The summed E-state index contributed by atoms with van der Waals surface area (Å²) in [5, 5.41) is 18.2. The lowest BCUT2D eigenvalue weighted by atomic mass is 10.1. The quantitative estimate of drug-likeness (QED) is 0.484. The molecule has 0 spiro atoms. The largest absolute Gasteiger partial charge is 0.456 e. The van der Waals surface area contributed by atoms with Crippen molar-refractivity contribution in [2.75, 3.05) is 4.72 Å². The van der Waals surface area contributed by atoms with Gasteiger partial charge in [-0.3, -0.25) is 9.82 Å². The average Bonchev–Trinajstić information content (AvgIpc) is 3.42. The van der Waals surface area contributed by atoms with E-state index in [4.69, 9.17) is 4.74 Å². The highest BCUT2D eigenvalue weighted by Gasteiger charge is 2.18. The molecule has 0 amide bonds. The highest BCUT2D eigenvalue weighted by Crippen LogP contribution is 2.30. The number of hydrogen-bond donors (Lipinski definition) is 2. The van der Waals surface area contributed by atoms with Gasteiger partial charge in [0.05, 0.1) is 16.2 Å². The Morgan fingerprint density at radius 1 is 1.14 bits per heavy atom. The maximum Gasteiger partial charge on any atom is 0.263 e. The summed E-state index contributed by atoms with van der Waals surface area (Å²) in [6.07, 6.45) is 3.15. The Hall–Kier alpha value is -3.68. The molecule has 0 fully saturated rings. The van der Waals surface area contributed by atoms with Crippen LogP contribution in [0.4, 0.5) is 5.13 Å². The molecule has 0 aliphatic heterocycles. The van der Waals surface area contributed by atoms with Crippen LogP contribution in [-0.4, -0.2) is 23.6 Å². The first-order chi connectivity index (χ1) is 14.0. The third-order valence-corrected chi connectivity index (χ3v) is 6.06. The molecule has 4 aromatic rings. The first-order valence-corrected chi connectivity index (χ1v) is 10.7. The van der Waals surface area contributed by atoms with E-state index in [1.807, 2.05) is 24.3 Å². The number of rotatable bonds is 6. The zero-order valence-electron chi connectivity index (χ0n) is 14.7. The summed E-state index contributed by atoms with van der Waals surface area (Å²) in [4.78, 5) is 3.85. The van der Waals surface area contributed by atoms with Gasteiger partial charge in [-0.05, 0) is 36.4 Å². The highest BCUT2D eigenvalue weighted by atomic mass is 32.2. The number of aromatic nitrogens is 3. The fraction of sp³-hybridized carbons (Fsp3) is 0. The lowest BCUT2D eigenvalue weighted by Crippen LogP contribution is -2.13. The number of ether oxygens (including phenoxy) is 1. The third-order valence-electron chi connectivity index (χ3n) is 3.91. The van der Waals surface area contributed by atoms with Gasteiger partial charge >= 0.3 is 0 Å². The molecule has 29 heavy (non-hydrogen) atoms. The number of nitrogens with zero attached hydrogens (tertiary/aromatic N) is 3. The zero-order valence-corrected chi connectivity index (χ0v) is 16.4. The van der Waals surface area contributed by atoms with Crippen molar-refractivity contribution in [2.24, 2.45) is 0 Å². The van der Waals surface area contributed by atoms with E-state index in [1.54, 1.807) is 23.7 Å². The Bertz CT molecular complexity index is 1280. The number of sulfonamides is 1. The average molecular weight is 423 g/mol. The molecular weight excluding hydrogens is 410 g/mol. The second-order valence-corrected chi connectivity index (χ2v) is 8.39. The summed E-state index contributed by atoms with van der Waals surface area (Å²) in [5.74, 6) is 0.757. The van der Waals surface area contributed by atoms with Crippen LogP contribution in [0.15, 0.2) is 71.2 Å². The first kappa shape index (κ1) is 18.7. The Balaban J connectivity index is 1.61. The number of thiazole rings is 1. The number of anilines is 1. The van der Waals surface area contributed by atoms with Crippen molar-refractivity contribution in [2.45, 2.75) is 4.90 Å². The number of benzene rings is 2. The Kier molecular flexibility index (Phi) is 4.99. The summed E-state index contributed by atoms with van der Waals surface area (Å²) >= 11 is 1.16. The lowest BCUT2D eigenvalue weighted by molar-refractivity contribution is 0.480. The van der Waals surface area contributed by atoms with Gasteiger partial charge in [-0.1, -0.05) is 12.1 Å². The lowest BCUT2D eigenvalue weighted by Gasteiger charge is -2.11. The molecule has 0 aliphatic rings. The van der Waals surface area contributed by atoms with E-state index in [1.165, 1.54) is 24.4 Å². The van der Waals surface area contributed by atoms with Crippen LogP contribution in [0.5, 0.6) is 11.5 Å². The molecule has 2 aromatic heterocycles. The fourth-order valence-electron chi connectivity index (χ4n) is 2.57. The summed E-state index contributed by atoms with van der Waals surface area (Å²) in [6.45, 7) is 0. The second kappa shape index (κ2) is 7.75. The molecule has 0 saturated heterocycles. The van der Waals surface area contributed by atoms with Gasteiger partial charge in [0.1, 0.15) is 17.6 Å². The van der Waals surface area contributed by atoms with Gasteiger partial charge in [0.25, 0.3) is 10.0 Å². The molecule has 2 heterocycles. The van der Waals surface area contributed by atoms with Crippen LogP contribution in [0.3, 0.4) is 0 Å². The summed E-state index contributed by atoms with van der Waals surface area (Å²) in [6, 6.07) is 15.2. The minimum atomic E-state index is -3.86. The SMILES string of the molecule is N#Cc1cc(S(=O)(=O)Nc2nccs2)ccc1Oc1cccc(-c2ccn[nH]2)c1. The van der Waals surface area contributed by atoms with Crippen molar-refractivity contribution >= 4 is 26.5 Å². The van der Waals surface area contributed by atoms with Crippen LogP contribution in [0.1, 0.15) is 5.56 Å². The molecule has 144 valence electrons. The predicted octanol–water partition coefficient (Wildman–Crippen LogP) is 4.00. The predicted molar refractivity (Wildman–Crippen MR) is 108 cm³/mol. The zero-order chi connectivity index (χ0) is 20.3. The minimum absolute atomic E-state index is 0.0530. The van der Waals surface area contributed by atoms with E-state index >= 15 is 0 Å². The number of nitriles is 1. The van der Waals surface area contributed by atoms with Crippen LogP contribution in [0, 0.1) is 11.3 Å². The molecule has 8 nitrogen and oxygen atoms in total. The number of nitrogens with one attached hydrogen (secondary N) is 2. The molecule has 10 heteroatoms. The van der Waals surface area contributed by atoms with Crippen molar-refractivity contribution in [3.05, 3.63) is 71.9 Å². The van der Waals surface area contributed by atoms with Crippen LogP contribution in [-0.2, 0) is 10.0 Å². The van der Waals surface area contributed by atoms with Gasteiger partial charge in [0.2, 0.25) is 0 Å². The molecule has 0 aliphatic carbocycles. The van der Waals surface area contributed by atoms with Gasteiger partial charge in [-0.2, -0.15) is 10.4 Å². The number of aromatic amines is 1. The van der Waals surface area contributed by atoms with Crippen molar-refractivity contribution in [1.29, 1.82) is 5.26 Å². The van der Waals surface area contributed by atoms with E-state index in [0.29, 0.717) is 5.75 Å². The molecule has 0 bridgehead atoms. The molecule has 4 rings (SSSR count). The fourth-order valence-corrected chi connectivity index (χ4v) is 4.39. The van der Waals surface area contributed by atoms with E-state index in [9.17, 15) is 13.7 Å². The monoisotopic (exact) mass is 423 g/mol. The molecule has 0 unspecified atom stereocenters. The third kappa shape index (κ3) is 4.11. The summed E-state index contributed by atoms with van der Waals surface area (Å²) in [5.41, 5.74) is 1.79. The highest BCUT2D eigenvalue weighted by molar-refractivity contribution is 7.93. The Morgan fingerprint density at radius 2 is 2.03 bits per heavy atom. The van der Waals surface area contributed by atoms with Crippen molar-refractivity contribution in [3.8, 4) is 28.8 Å². The van der Waals surface area contributed by atoms with Gasteiger partial charge in [0.15, 0.2) is 5.13 Å². The minimum Gasteiger partial charge on any atom is -0.456 e. The van der Waals surface area contributed by atoms with Crippen molar-refractivity contribution in [3.63, 3.8) is 0 Å². The van der Waals surface area contributed by atoms with Gasteiger partial charge in [-0.25, -0.2) is 13.4 Å². The normalized spacial score (nSPS) is 11.0. The summed E-state index contributed by atoms with van der Waals surface area (Å²) in [7, 11) is -3.86. The van der Waals surface area contributed by atoms with Gasteiger partial charge < -0.3 is 4.74 Å². The van der Waals surface area contributed by atoms with E-state index < -0.39 is 10.0 Å². The topological polar surface area (TPSA) is 121 Å². The van der Waals surface area contributed by atoms with Crippen molar-refractivity contribution < 1.29 is 13.2 Å². The maximum atomic E-state index is 12.5. The molecule has 2 aromatic carbocycles. The number of hydrogen-bond acceptors (Lipinski definition) is 7. The molecule has 0 radical (unpaired) electrons. The van der Waals surface area contributed by atoms with E-state index in [2.05, 4.69) is 19.9 Å². The van der Waals surface area contributed by atoms with Gasteiger partial charge in [0, 0.05) is 23.3 Å². The Labute approximate surface area is 170 Å². The standard InChI is InChI=1S/C19H13N5O3S2/c20-12-14-11-16(29(25,26)24-19-21-8-9-28-19)4-5-18(14)27-15-3-1-2-13(10-15)17-6-7-22-23-17/h1-11H,(H,21,24)(H,22,23). The van der Waals surface area contributed by atoms with Gasteiger partial charge in [-0.15, -0.1) is 11.3 Å². The van der Waals surface area contributed by atoms with E-state index in [-0.39, 0.29) is 21.3 Å². The smallest absolute Gasteiger partial charge is 0.263 e. The van der Waals surface area contributed by atoms with Crippen LogP contribution in [0.2, 0.25) is 0 Å². The van der Waals surface area contributed by atoms with Crippen LogP contribution < -0.4 is 9.46 Å². The molecular formula is C19H13N5O3S2. The Morgan fingerprint density at radius 3 is 2.76 bits per heavy atom. The van der Waals surface area contributed by atoms with E-state index in [0.717, 1.165) is 22.6 Å². The maximum absolute atomic E-state index is 12.5. The molecule has 2 N–H and O–H groups in total. The van der Waals surface area contributed by atoms with Crippen LogP contribution in [0.25, 0.3) is 11.3 Å².